The fourth-order valence-electron chi connectivity index (χ4n) is 1.03. The van der Waals surface area contributed by atoms with Gasteiger partial charge in [0.25, 0.3) is 10.2 Å². The van der Waals surface area contributed by atoms with Crippen LogP contribution < -0.4 is 10.5 Å². The fraction of sp³-hybridized carbons (Fsp3) is 1.00. The lowest BCUT2D eigenvalue weighted by atomic mass is 10.3. The van der Waals surface area contributed by atoms with E-state index in [1.54, 1.807) is 0 Å². The maximum absolute atomic E-state index is 11.8. The van der Waals surface area contributed by atoms with Crippen molar-refractivity contribution in [1.82, 2.24) is 9.03 Å². The molecule has 0 heterocycles. The third-order valence-electron chi connectivity index (χ3n) is 2.01. The second-order valence-electron chi connectivity index (χ2n) is 3.58. The van der Waals surface area contributed by atoms with Crippen LogP contribution in [0.25, 0.3) is 0 Å². The summed E-state index contributed by atoms with van der Waals surface area (Å²) in [7, 11) is -2.34. The molecule has 9 heteroatoms. The molecule has 0 aliphatic heterocycles. The Balaban J connectivity index is 3.93. The Morgan fingerprint density at radius 2 is 1.88 bits per heavy atom. The zero-order valence-electron chi connectivity index (χ0n) is 9.63. The molecule has 0 atom stereocenters. The third-order valence-corrected chi connectivity index (χ3v) is 3.58. The van der Waals surface area contributed by atoms with Crippen LogP contribution in [0.3, 0.4) is 0 Å². The van der Waals surface area contributed by atoms with Crippen molar-refractivity contribution >= 4 is 10.2 Å². The summed E-state index contributed by atoms with van der Waals surface area (Å²) in [6.07, 6.45) is -5.02. The van der Waals surface area contributed by atoms with Gasteiger partial charge >= 0.3 is 6.18 Å². The molecule has 3 N–H and O–H groups in total. The van der Waals surface area contributed by atoms with Crippen molar-refractivity contribution in [2.75, 3.05) is 26.7 Å². The van der Waals surface area contributed by atoms with Crippen LogP contribution in [0.2, 0.25) is 0 Å². The molecular formula is C8H18F3N3O2S. The first-order chi connectivity index (χ1) is 7.69. The number of hydrogen-bond donors (Lipinski definition) is 2. The van der Waals surface area contributed by atoms with Crippen LogP contribution >= 0.6 is 0 Å². The smallest absolute Gasteiger partial charge is 0.330 e. The van der Waals surface area contributed by atoms with E-state index in [4.69, 9.17) is 5.73 Å². The monoisotopic (exact) mass is 277 g/mol. The molecule has 0 bridgehead atoms. The number of alkyl halides is 3. The Hall–Kier alpha value is -0.380. The molecule has 104 valence electrons. The van der Waals surface area contributed by atoms with Crippen molar-refractivity contribution in [2.45, 2.75) is 25.4 Å². The standard InChI is InChI=1S/C8H18F3N3O2S/c1-14(7-3-5-12)17(15,16)13-6-2-4-8(9,10)11/h13H,2-7,12H2,1H3. The molecule has 0 rings (SSSR count). The Bertz CT molecular complexity index is 306. The summed E-state index contributed by atoms with van der Waals surface area (Å²) in [5.74, 6) is 0. The minimum atomic E-state index is -4.25. The van der Waals surface area contributed by atoms with E-state index in [0.29, 0.717) is 13.0 Å². The van der Waals surface area contributed by atoms with Gasteiger partial charge in [-0.1, -0.05) is 0 Å². The maximum atomic E-state index is 11.8. The first-order valence-electron chi connectivity index (χ1n) is 5.17. The van der Waals surface area contributed by atoms with E-state index in [-0.39, 0.29) is 19.5 Å². The summed E-state index contributed by atoms with van der Waals surface area (Å²) < 4.78 is 61.4. The molecule has 0 amide bonds. The highest BCUT2D eigenvalue weighted by Crippen LogP contribution is 2.20. The molecule has 17 heavy (non-hydrogen) atoms. The van der Waals surface area contributed by atoms with Crippen LogP contribution in [-0.2, 0) is 10.2 Å². The number of rotatable bonds is 8. The van der Waals surface area contributed by atoms with Crippen LogP contribution in [0.5, 0.6) is 0 Å². The number of hydrogen-bond acceptors (Lipinski definition) is 3. The van der Waals surface area contributed by atoms with E-state index in [1.165, 1.54) is 7.05 Å². The molecule has 0 fully saturated rings. The minimum absolute atomic E-state index is 0.227. The van der Waals surface area contributed by atoms with Crippen molar-refractivity contribution in [3.05, 3.63) is 0 Å². The van der Waals surface area contributed by atoms with E-state index in [9.17, 15) is 21.6 Å². The number of halogens is 3. The Morgan fingerprint density at radius 3 is 2.35 bits per heavy atom. The summed E-state index contributed by atoms with van der Waals surface area (Å²) in [5.41, 5.74) is 5.22. The molecule has 0 aromatic heterocycles. The quantitative estimate of drug-likeness (QED) is 0.632. The van der Waals surface area contributed by atoms with Gasteiger partial charge in [0.05, 0.1) is 0 Å². The second-order valence-corrected chi connectivity index (χ2v) is 5.44. The normalized spacial score (nSPS) is 13.3. The van der Waals surface area contributed by atoms with Gasteiger partial charge in [-0.3, -0.25) is 0 Å². The van der Waals surface area contributed by atoms with Gasteiger partial charge in [-0.15, -0.1) is 0 Å². The summed E-state index contributed by atoms with van der Waals surface area (Å²) in [5, 5.41) is 0. The Labute approximate surface area is 99.3 Å². The number of nitrogens with one attached hydrogen (secondary N) is 1. The highest BCUT2D eigenvalue weighted by molar-refractivity contribution is 7.87. The van der Waals surface area contributed by atoms with Crippen LogP contribution in [-0.4, -0.2) is 45.6 Å². The molecule has 5 nitrogen and oxygen atoms in total. The van der Waals surface area contributed by atoms with E-state index in [2.05, 4.69) is 4.72 Å². The zero-order chi connectivity index (χ0) is 13.5. The average Bonchev–Trinajstić information content (AvgIpc) is 2.19. The lowest BCUT2D eigenvalue weighted by molar-refractivity contribution is -0.135. The molecule has 0 spiro atoms. The summed E-state index contributed by atoms with van der Waals surface area (Å²) in [6, 6.07) is 0. The molecule has 0 aromatic carbocycles. The van der Waals surface area contributed by atoms with Gasteiger partial charge in [0.15, 0.2) is 0 Å². The second kappa shape index (κ2) is 7.14. The van der Waals surface area contributed by atoms with Crippen LogP contribution in [0, 0.1) is 0 Å². The van der Waals surface area contributed by atoms with Gasteiger partial charge in [0.1, 0.15) is 0 Å². The average molecular weight is 277 g/mol. The lowest BCUT2D eigenvalue weighted by Gasteiger charge is -2.17. The van der Waals surface area contributed by atoms with E-state index in [0.717, 1.165) is 4.31 Å². The summed E-state index contributed by atoms with van der Waals surface area (Å²) in [4.78, 5) is 0. The van der Waals surface area contributed by atoms with Gasteiger partial charge in [-0.2, -0.15) is 25.9 Å². The predicted octanol–water partition coefficient (Wildman–Crippen LogP) is 0.444. The van der Waals surface area contributed by atoms with Gasteiger partial charge in [-0.05, 0) is 19.4 Å². The largest absolute Gasteiger partial charge is 0.389 e. The minimum Gasteiger partial charge on any atom is -0.330 e. The van der Waals surface area contributed by atoms with E-state index >= 15 is 0 Å². The van der Waals surface area contributed by atoms with Gasteiger partial charge in [0.2, 0.25) is 0 Å². The lowest BCUT2D eigenvalue weighted by Crippen LogP contribution is -2.39. The molecular weight excluding hydrogens is 259 g/mol. The number of nitrogens with zero attached hydrogens (tertiary/aromatic N) is 1. The first kappa shape index (κ1) is 16.6. The van der Waals surface area contributed by atoms with Crippen LogP contribution in [0.4, 0.5) is 13.2 Å². The van der Waals surface area contributed by atoms with Gasteiger partial charge in [0, 0.05) is 26.6 Å². The molecule has 0 saturated heterocycles. The van der Waals surface area contributed by atoms with Crippen LogP contribution in [0.1, 0.15) is 19.3 Å². The van der Waals surface area contributed by atoms with E-state index in [1.807, 2.05) is 0 Å². The molecule has 0 aromatic rings. The highest BCUT2D eigenvalue weighted by Gasteiger charge is 2.26. The van der Waals surface area contributed by atoms with Gasteiger partial charge < -0.3 is 5.73 Å². The molecule has 0 radical (unpaired) electrons. The Kier molecular flexibility index (Phi) is 6.98. The Morgan fingerprint density at radius 1 is 1.29 bits per heavy atom. The topological polar surface area (TPSA) is 75.4 Å². The van der Waals surface area contributed by atoms with Crippen molar-refractivity contribution in [3.8, 4) is 0 Å². The molecule has 0 aliphatic rings. The van der Waals surface area contributed by atoms with E-state index < -0.39 is 22.8 Å². The van der Waals surface area contributed by atoms with Crippen molar-refractivity contribution in [1.29, 1.82) is 0 Å². The highest BCUT2D eigenvalue weighted by atomic mass is 32.2. The summed E-state index contributed by atoms with van der Waals surface area (Å²) >= 11 is 0. The maximum Gasteiger partial charge on any atom is 0.389 e. The molecule has 0 saturated carbocycles. The SMILES string of the molecule is CN(CCCN)S(=O)(=O)NCCCC(F)(F)F. The van der Waals surface area contributed by atoms with Crippen molar-refractivity contribution in [2.24, 2.45) is 5.73 Å². The molecule has 0 aliphatic carbocycles. The zero-order valence-corrected chi connectivity index (χ0v) is 10.4. The first-order valence-corrected chi connectivity index (χ1v) is 6.61. The van der Waals surface area contributed by atoms with Gasteiger partial charge in [-0.25, -0.2) is 4.72 Å². The fourth-order valence-corrected chi connectivity index (χ4v) is 2.03. The number of nitrogens with two attached hydrogens (primary N) is 1. The van der Waals surface area contributed by atoms with Crippen molar-refractivity contribution < 1.29 is 21.6 Å². The van der Waals surface area contributed by atoms with Crippen LogP contribution in [0.15, 0.2) is 0 Å². The predicted molar refractivity (Wildman–Crippen MR) is 58.5 cm³/mol. The van der Waals surface area contributed by atoms with Crippen molar-refractivity contribution in [3.63, 3.8) is 0 Å². The molecule has 0 unspecified atom stereocenters. The summed E-state index contributed by atoms with van der Waals surface area (Å²) in [6.45, 7) is 0.369. The third kappa shape index (κ3) is 8.36.